The molecule has 2 aromatic carbocycles. The minimum atomic E-state index is -3.80. The Kier molecular flexibility index (Phi) is 5.27. The number of methoxy groups -OCH3 is 2. The number of hydrogen-bond donors (Lipinski definition) is 1. The zero-order valence-corrected chi connectivity index (χ0v) is 17.0. The molecule has 0 bridgehead atoms. The largest absolute Gasteiger partial charge is 0.497 e. The molecule has 7 nitrogen and oxygen atoms in total. The third kappa shape index (κ3) is 3.71. The van der Waals surface area contributed by atoms with E-state index in [2.05, 4.69) is 4.72 Å². The SMILES string of the molecule is COc1ccc(OC)c([C@H](C)NS(=O)(=O)c2ccc3c(c2)sc(=O)n3C)c1. The summed E-state index contributed by atoms with van der Waals surface area (Å²) in [6.07, 6.45) is 0. The fourth-order valence-electron chi connectivity index (χ4n) is 2.82. The van der Waals surface area contributed by atoms with Gasteiger partial charge in [-0.3, -0.25) is 4.79 Å². The molecular weight excluding hydrogens is 388 g/mol. The van der Waals surface area contributed by atoms with Crippen molar-refractivity contribution in [1.29, 1.82) is 0 Å². The van der Waals surface area contributed by atoms with Crippen molar-refractivity contribution in [3.63, 3.8) is 0 Å². The van der Waals surface area contributed by atoms with Crippen LogP contribution in [0.4, 0.5) is 0 Å². The molecule has 9 heteroatoms. The molecule has 0 amide bonds. The Balaban J connectivity index is 1.95. The highest BCUT2D eigenvalue weighted by atomic mass is 32.2. The van der Waals surface area contributed by atoms with Gasteiger partial charge in [-0.15, -0.1) is 0 Å². The van der Waals surface area contributed by atoms with Gasteiger partial charge < -0.3 is 14.0 Å². The monoisotopic (exact) mass is 408 g/mol. The third-order valence-electron chi connectivity index (χ3n) is 4.31. The molecule has 3 rings (SSSR count). The summed E-state index contributed by atoms with van der Waals surface area (Å²) < 4.78 is 41.0. The van der Waals surface area contributed by atoms with Crippen LogP contribution in [0.3, 0.4) is 0 Å². The van der Waals surface area contributed by atoms with Crippen LogP contribution < -0.4 is 19.1 Å². The number of ether oxygens (including phenoxy) is 2. The molecule has 0 radical (unpaired) electrons. The van der Waals surface area contributed by atoms with Gasteiger partial charge in [0.05, 0.1) is 29.3 Å². The molecule has 144 valence electrons. The van der Waals surface area contributed by atoms with Gasteiger partial charge in [0, 0.05) is 18.7 Å². The van der Waals surface area contributed by atoms with Gasteiger partial charge >= 0.3 is 4.87 Å². The van der Waals surface area contributed by atoms with Crippen LogP contribution in [0.1, 0.15) is 18.5 Å². The van der Waals surface area contributed by atoms with Crippen molar-refractivity contribution in [2.75, 3.05) is 14.2 Å². The van der Waals surface area contributed by atoms with Crippen molar-refractivity contribution in [2.45, 2.75) is 17.9 Å². The summed E-state index contributed by atoms with van der Waals surface area (Å²) in [5, 5.41) is 0. The van der Waals surface area contributed by atoms with E-state index in [0.717, 1.165) is 11.3 Å². The first-order chi connectivity index (χ1) is 12.8. The Labute approximate surface area is 161 Å². The average Bonchev–Trinajstić information content (AvgIpc) is 2.94. The van der Waals surface area contributed by atoms with E-state index < -0.39 is 16.1 Å². The van der Waals surface area contributed by atoms with Crippen molar-refractivity contribution < 1.29 is 17.9 Å². The van der Waals surface area contributed by atoms with E-state index in [1.54, 1.807) is 45.3 Å². The Morgan fingerprint density at radius 3 is 2.52 bits per heavy atom. The zero-order valence-electron chi connectivity index (χ0n) is 15.3. The van der Waals surface area contributed by atoms with Gasteiger partial charge in [-0.1, -0.05) is 11.3 Å². The lowest BCUT2D eigenvalue weighted by atomic mass is 10.1. The van der Waals surface area contributed by atoms with E-state index in [4.69, 9.17) is 9.47 Å². The second-order valence-corrected chi connectivity index (χ2v) is 8.71. The molecule has 0 unspecified atom stereocenters. The van der Waals surface area contributed by atoms with Crippen LogP contribution in [0.5, 0.6) is 11.5 Å². The van der Waals surface area contributed by atoms with Crippen LogP contribution in [-0.2, 0) is 17.1 Å². The van der Waals surface area contributed by atoms with Gasteiger partial charge in [0.2, 0.25) is 10.0 Å². The topological polar surface area (TPSA) is 86.6 Å². The molecule has 0 fully saturated rings. The first-order valence-electron chi connectivity index (χ1n) is 8.10. The Morgan fingerprint density at radius 2 is 1.85 bits per heavy atom. The predicted octanol–water partition coefficient (Wildman–Crippen LogP) is 2.66. The van der Waals surface area contributed by atoms with E-state index >= 15 is 0 Å². The highest BCUT2D eigenvalue weighted by molar-refractivity contribution is 7.89. The number of hydrogen-bond acceptors (Lipinski definition) is 6. The summed E-state index contributed by atoms with van der Waals surface area (Å²) >= 11 is 1.01. The van der Waals surface area contributed by atoms with E-state index in [1.165, 1.54) is 23.8 Å². The van der Waals surface area contributed by atoms with Crippen molar-refractivity contribution in [1.82, 2.24) is 9.29 Å². The van der Waals surface area contributed by atoms with Gasteiger partial charge in [-0.25, -0.2) is 13.1 Å². The van der Waals surface area contributed by atoms with Gasteiger partial charge in [-0.2, -0.15) is 0 Å². The molecule has 1 aromatic heterocycles. The Bertz CT molecular complexity index is 1150. The quantitative estimate of drug-likeness (QED) is 0.678. The molecule has 0 aliphatic carbocycles. The maximum absolute atomic E-state index is 12.8. The van der Waals surface area contributed by atoms with Gasteiger partial charge in [0.15, 0.2) is 0 Å². The summed E-state index contributed by atoms with van der Waals surface area (Å²) in [5.41, 5.74) is 1.36. The normalized spacial score (nSPS) is 12.9. The van der Waals surface area contributed by atoms with Gasteiger partial charge in [0.1, 0.15) is 11.5 Å². The summed E-state index contributed by atoms with van der Waals surface area (Å²) in [6.45, 7) is 1.73. The Hall–Kier alpha value is -2.36. The number of nitrogens with zero attached hydrogens (tertiary/aromatic N) is 1. The maximum atomic E-state index is 12.8. The van der Waals surface area contributed by atoms with Gasteiger partial charge in [-0.05, 0) is 43.3 Å². The summed E-state index contributed by atoms with van der Waals surface area (Å²) in [6, 6.07) is 9.30. The standard InChI is InChI=1S/C18H20N2O5S2/c1-11(14-9-12(24-3)5-8-16(14)25-4)19-27(22,23)13-6-7-15-17(10-13)26-18(21)20(15)2/h5-11,19H,1-4H3/t11-/m0/s1. The lowest BCUT2D eigenvalue weighted by Crippen LogP contribution is -2.27. The number of sulfonamides is 1. The molecule has 0 aliphatic rings. The maximum Gasteiger partial charge on any atom is 0.307 e. The van der Waals surface area contributed by atoms with Crippen molar-refractivity contribution in [3.8, 4) is 11.5 Å². The van der Waals surface area contributed by atoms with Crippen LogP contribution in [-0.4, -0.2) is 27.2 Å². The number of fused-ring (bicyclic) bond motifs is 1. The molecule has 0 aliphatic heterocycles. The molecule has 27 heavy (non-hydrogen) atoms. The highest BCUT2D eigenvalue weighted by Gasteiger charge is 2.22. The lowest BCUT2D eigenvalue weighted by molar-refractivity contribution is 0.395. The number of aryl methyl sites for hydroxylation is 1. The molecule has 1 atom stereocenters. The zero-order chi connectivity index (χ0) is 19.8. The average molecular weight is 409 g/mol. The van der Waals surface area contributed by atoms with Crippen LogP contribution >= 0.6 is 11.3 Å². The highest BCUT2D eigenvalue weighted by Crippen LogP contribution is 2.30. The minimum Gasteiger partial charge on any atom is -0.497 e. The molecular formula is C18H20N2O5S2. The Morgan fingerprint density at radius 1 is 1.11 bits per heavy atom. The number of benzene rings is 2. The van der Waals surface area contributed by atoms with Crippen molar-refractivity contribution in [3.05, 3.63) is 51.6 Å². The van der Waals surface area contributed by atoms with Crippen LogP contribution in [0, 0.1) is 0 Å². The minimum absolute atomic E-state index is 0.102. The van der Waals surface area contributed by atoms with Gasteiger partial charge in [0.25, 0.3) is 0 Å². The van der Waals surface area contributed by atoms with Crippen LogP contribution in [0.15, 0.2) is 46.1 Å². The summed E-state index contributed by atoms with van der Waals surface area (Å²) in [7, 11) is 0.927. The molecule has 0 saturated heterocycles. The molecule has 1 N–H and O–H groups in total. The number of rotatable bonds is 6. The molecule has 1 heterocycles. The number of aromatic nitrogens is 1. The second-order valence-electron chi connectivity index (χ2n) is 6.01. The molecule has 0 spiro atoms. The third-order valence-corrected chi connectivity index (χ3v) is 6.84. The second kappa shape index (κ2) is 7.34. The predicted molar refractivity (Wildman–Crippen MR) is 105 cm³/mol. The van der Waals surface area contributed by atoms with Crippen LogP contribution in [0.2, 0.25) is 0 Å². The summed E-state index contributed by atoms with van der Waals surface area (Å²) in [4.78, 5) is 11.7. The number of thiazole rings is 1. The lowest BCUT2D eigenvalue weighted by Gasteiger charge is -2.18. The van der Waals surface area contributed by atoms with E-state index in [9.17, 15) is 13.2 Å². The number of nitrogens with one attached hydrogen (secondary N) is 1. The first kappa shape index (κ1) is 19.4. The molecule has 0 saturated carbocycles. The molecule has 3 aromatic rings. The van der Waals surface area contributed by atoms with E-state index in [1.807, 2.05) is 0 Å². The van der Waals surface area contributed by atoms with Crippen LogP contribution in [0.25, 0.3) is 10.2 Å². The summed E-state index contributed by atoms with van der Waals surface area (Å²) in [5.74, 6) is 1.16. The van der Waals surface area contributed by atoms with E-state index in [-0.39, 0.29) is 9.77 Å². The first-order valence-corrected chi connectivity index (χ1v) is 10.4. The van der Waals surface area contributed by atoms with Crippen molar-refractivity contribution in [2.24, 2.45) is 7.05 Å². The fourth-order valence-corrected chi connectivity index (χ4v) is 5.07. The smallest absolute Gasteiger partial charge is 0.307 e. The van der Waals surface area contributed by atoms with Crippen molar-refractivity contribution >= 4 is 31.6 Å². The van der Waals surface area contributed by atoms with E-state index in [0.29, 0.717) is 27.3 Å². The fraction of sp³-hybridized carbons (Fsp3) is 0.278.